The largest absolute Gasteiger partial charge is 0.356 e. The Labute approximate surface area is 180 Å². The number of carbonyl (C=O) groups is 1. The van der Waals surface area contributed by atoms with Crippen LogP contribution in [0.1, 0.15) is 36.8 Å². The van der Waals surface area contributed by atoms with Gasteiger partial charge in [-0.05, 0) is 67.3 Å². The Morgan fingerprint density at radius 1 is 1.10 bits per heavy atom. The number of carbonyl (C=O) groups excluding carboxylic acids is 1. The number of benzene rings is 1. The van der Waals surface area contributed by atoms with Gasteiger partial charge in [0, 0.05) is 51.0 Å². The predicted molar refractivity (Wildman–Crippen MR) is 120 cm³/mol. The summed E-state index contributed by atoms with van der Waals surface area (Å²) >= 11 is 0. The lowest BCUT2D eigenvalue weighted by Crippen LogP contribution is -2.55. The van der Waals surface area contributed by atoms with Crippen LogP contribution in [0, 0.1) is 11.8 Å². The number of likely N-dealkylation sites (tertiary alicyclic amines) is 1. The van der Waals surface area contributed by atoms with Gasteiger partial charge in [0.1, 0.15) is 0 Å². The maximum Gasteiger partial charge on any atom is 0.220 e. The highest BCUT2D eigenvalue weighted by atomic mass is 16.1. The second kappa shape index (κ2) is 10.7. The van der Waals surface area contributed by atoms with Crippen LogP contribution in [-0.2, 0) is 17.8 Å². The Bertz CT molecular complexity index is 782. The van der Waals surface area contributed by atoms with E-state index in [-0.39, 0.29) is 5.91 Å². The second-order valence-electron chi connectivity index (χ2n) is 8.90. The number of pyridine rings is 1. The standard InChI is InChI=1S/C25H34N4O/c30-25(27-14-11-20-9-12-26-13-10-20)8-4-7-24-23-15-22(16-28-24)18-29(19-23)17-21-5-2-1-3-6-21/h1-3,5-6,9-10,12-13,22-24,28H,4,7-8,11,14-19H2,(H,27,30)/t22?,23?,24-/m1/s1. The lowest BCUT2D eigenvalue weighted by Gasteiger charge is -2.46. The molecule has 0 saturated carbocycles. The summed E-state index contributed by atoms with van der Waals surface area (Å²) in [5, 5.41) is 6.84. The monoisotopic (exact) mass is 406 g/mol. The van der Waals surface area contributed by atoms with Crippen molar-refractivity contribution < 1.29 is 4.79 Å². The quantitative estimate of drug-likeness (QED) is 0.672. The number of amides is 1. The number of piperidine rings is 2. The molecule has 160 valence electrons. The van der Waals surface area contributed by atoms with Crippen molar-refractivity contribution in [3.8, 4) is 0 Å². The number of nitrogens with zero attached hydrogens (tertiary/aromatic N) is 2. The zero-order valence-electron chi connectivity index (χ0n) is 17.8. The highest BCUT2D eigenvalue weighted by Gasteiger charge is 2.35. The third kappa shape index (κ3) is 6.13. The molecule has 3 atom stereocenters. The van der Waals surface area contributed by atoms with Crippen LogP contribution in [-0.4, -0.2) is 48.0 Å². The zero-order chi connectivity index (χ0) is 20.6. The van der Waals surface area contributed by atoms with Gasteiger partial charge < -0.3 is 10.6 Å². The van der Waals surface area contributed by atoms with E-state index in [1.54, 1.807) is 12.4 Å². The number of nitrogens with one attached hydrogen (secondary N) is 2. The molecule has 1 amide bonds. The maximum atomic E-state index is 12.2. The minimum Gasteiger partial charge on any atom is -0.356 e. The van der Waals surface area contributed by atoms with Crippen molar-refractivity contribution in [3.63, 3.8) is 0 Å². The molecular weight excluding hydrogens is 372 g/mol. The summed E-state index contributed by atoms with van der Waals surface area (Å²) in [5.74, 6) is 1.64. The molecule has 2 aliphatic rings. The van der Waals surface area contributed by atoms with Gasteiger partial charge in [-0.15, -0.1) is 0 Å². The van der Waals surface area contributed by atoms with Gasteiger partial charge in [0.25, 0.3) is 0 Å². The summed E-state index contributed by atoms with van der Waals surface area (Å²) in [5.41, 5.74) is 2.62. The number of aromatic nitrogens is 1. The molecule has 0 aliphatic carbocycles. The van der Waals surface area contributed by atoms with Crippen LogP contribution in [0.15, 0.2) is 54.9 Å². The van der Waals surface area contributed by atoms with Gasteiger partial charge in [-0.25, -0.2) is 0 Å². The first-order valence-corrected chi connectivity index (χ1v) is 11.4. The molecule has 2 bridgehead atoms. The normalized spacial score (nSPS) is 23.8. The molecule has 2 unspecified atom stereocenters. The van der Waals surface area contributed by atoms with Crippen molar-refractivity contribution in [2.24, 2.45) is 11.8 Å². The first-order chi connectivity index (χ1) is 14.8. The van der Waals surface area contributed by atoms with Crippen molar-refractivity contribution in [2.75, 3.05) is 26.2 Å². The lowest BCUT2D eigenvalue weighted by atomic mass is 9.79. The van der Waals surface area contributed by atoms with Gasteiger partial charge >= 0.3 is 0 Å². The van der Waals surface area contributed by atoms with E-state index in [2.05, 4.69) is 50.8 Å². The molecule has 2 N–H and O–H groups in total. The summed E-state index contributed by atoms with van der Waals surface area (Å²) < 4.78 is 0. The third-order valence-electron chi connectivity index (χ3n) is 6.54. The fourth-order valence-corrected chi connectivity index (χ4v) is 5.05. The predicted octanol–water partition coefficient (Wildman–Crippen LogP) is 3.02. The Balaban J connectivity index is 1.16. The topological polar surface area (TPSA) is 57.3 Å². The number of hydrogen-bond acceptors (Lipinski definition) is 4. The van der Waals surface area contributed by atoms with Gasteiger partial charge in [0.2, 0.25) is 5.91 Å². The van der Waals surface area contributed by atoms with E-state index in [4.69, 9.17) is 0 Å². The molecule has 0 radical (unpaired) electrons. The smallest absolute Gasteiger partial charge is 0.220 e. The van der Waals surface area contributed by atoms with E-state index < -0.39 is 0 Å². The van der Waals surface area contributed by atoms with Gasteiger partial charge in [-0.3, -0.25) is 14.7 Å². The van der Waals surface area contributed by atoms with Crippen LogP contribution in [0.4, 0.5) is 0 Å². The number of hydrogen-bond donors (Lipinski definition) is 2. The molecular formula is C25H34N4O. The summed E-state index contributed by atoms with van der Waals surface area (Å²) in [7, 11) is 0. The molecule has 1 aromatic heterocycles. The molecule has 3 heterocycles. The van der Waals surface area contributed by atoms with E-state index in [0.717, 1.165) is 38.3 Å². The number of fused-ring (bicyclic) bond motifs is 2. The second-order valence-corrected chi connectivity index (χ2v) is 8.90. The van der Waals surface area contributed by atoms with Gasteiger partial charge in [-0.2, -0.15) is 0 Å². The summed E-state index contributed by atoms with van der Waals surface area (Å²) in [6.45, 7) is 5.24. The van der Waals surface area contributed by atoms with E-state index in [9.17, 15) is 4.79 Å². The maximum absolute atomic E-state index is 12.2. The Morgan fingerprint density at radius 2 is 1.93 bits per heavy atom. The summed E-state index contributed by atoms with van der Waals surface area (Å²) in [6, 6.07) is 15.4. The zero-order valence-corrected chi connectivity index (χ0v) is 17.8. The first kappa shape index (κ1) is 21.0. The Kier molecular flexibility index (Phi) is 7.49. The van der Waals surface area contributed by atoms with Crippen molar-refractivity contribution in [2.45, 2.75) is 44.7 Å². The minimum atomic E-state index is 0.173. The summed E-state index contributed by atoms with van der Waals surface area (Å²) in [4.78, 5) is 18.8. The highest BCUT2D eigenvalue weighted by molar-refractivity contribution is 5.75. The average molecular weight is 407 g/mol. The van der Waals surface area contributed by atoms with Crippen LogP contribution >= 0.6 is 0 Å². The first-order valence-electron chi connectivity index (χ1n) is 11.4. The van der Waals surface area contributed by atoms with E-state index in [1.165, 1.54) is 30.6 Å². The molecule has 4 rings (SSSR count). The van der Waals surface area contributed by atoms with Crippen molar-refractivity contribution in [1.82, 2.24) is 20.5 Å². The van der Waals surface area contributed by atoms with Crippen molar-refractivity contribution in [1.29, 1.82) is 0 Å². The fourth-order valence-electron chi connectivity index (χ4n) is 5.05. The molecule has 30 heavy (non-hydrogen) atoms. The van der Waals surface area contributed by atoms with E-state index in [0.29, 0.717) is 24.9 Å². The van der Waals surface area contributed by atoms with Crippen molar-refractivity contribution in [3.05, 3.63) is 66.0 Å². The SMILES string of the molecule is O=C(CCC[C@H]1NCC2CC1CN(Cc1ccccc1)C2)NCCc1ccncc1. The molecule has 2 saturated heterocycles. The molecule has 2 aliphatic heterocycles. The van der Waals surface area contributed by atoms with Crippen LogP contribution in [0.5, 0.6) is 0 Å². The Hall–Kier alpha value is -2.24. The molecule has 1 aromatic carbocycles. The Morgan fingerprint density at radius 3 is 2.77 bits per heavy atom. The third-order valence-corrected chi connectivity index (χ3v) is 6.54. The van der Waals surface area contributed by atoms with Crippen LogP contribution in [0.25, 0.3) is 0 Å². The molecule has 5 nitrogen and oxygen atoms in total. The van der Waals surface area contributed by atoms with Gasteiger partial charge in [-0.1, -0.05) is 30.3 Å². The average Bonchev–Trinajstić information content (AvgIpc) is 2.77. The summed E-state index contributed by atoms with van der Waals surface area (Å²) in [6.07, 6.45) is 8.46. The van der Waals surface area contributed by atoms with Gasteiger partial charge in [0.05, 0.1) is 0 Å². The number of rotatable bonds is 9. The van der Waals surface area contributed by atoms with Gasteiger partial charge in [0.15, 0.2) is 0 Å². The van der Waals surface area contributed by atoms with Crippen LogP contribution < -0.4 is 10.6 Å². The van der Waals surface area contributed by atoms with E-state index >= 15 is 0 Å². The minimum absolute atomic E-state index is 0.173. The molecule has 2 aromatic rings. The highest BCUT2D eigenvalue weighted by Crippen LogP contribution is 2.31. The molecule has 2 fully saturated rings. The fraction of sp³-hybridized carbons (Fsp3) is 0.520. The van der Waals surface area contributed by atoms with Crippen LogP contribution in [0.2, 0.25) is 0 Å². The molecule has 0 spiro atoms. The van der Waals surface area contributed by atoms with E-state index in [1.807, 2.05) is 12.1 Å². The van der Waals surface area contributed by atoms with Crippen LogP contribution in [0.3, 0.4) is 0 Å². The van der Waals surface area contributed by atoms with Crippen molar-refractivity contribution >= 4 is 5.91 Å². The lowest BCUT2D eigenvalue weighted by molar-refractivity contribution is -0.121. The molecule has 5 heteroatoms.